The molecule has 0 unspecified atom stereocenters. The third kappa shape index (κ3) is 5.91. The summed E-state index contributed by atoms with van der Waals surface area (Å²) in [7, 11) is -1.11. The second-order valence-electron chi connectivity index (χ2n) is 7.64. The highest BCUT2D eigenvalue weighted by Crippen LogP contribution is 2.31. The van der Waals surface area contributed by atoms with Crippen LogP contribution in [-0.4, -0.2) is 39.4 Å². The zero-order valence-corrected chi connectivity index (χ0v) is 20.0. The molecule has 7 nitrogen and oxygen atoms in total. The van der Waals surface area contributed by atoms with E-state index in [4.69, 9.17) is 9.47 Å². The van der Waals surface area contributed by atoms with Gasteiger partial charge < -0.3 is 14.8 Å². The first kappa shape index (κ1) is 24.3. The summed E-state index contributed by atoms with van der Waals surface area (Å²) in [6.45, 7) is 3.55. The summed E-state index contributed by atoms with van der Waals surface area (Å²) in [6, 6.07) is 19.2. The average Bonchev–Trinajstić information content (AvgIpc) is 2.80. The van der Waals surface area contributed by atoms with Gasteiger partial charge >= 0.3 is 0 Å². The average molecular weight is 469 g/mol. The fraction of sp³-hybridized carbons (Fsp3) is 0.240. The minimum atomic E-state index is -4.02. The number of hydrogen-bond acceptors (Lipinski definition) is 5. The number of benzene rings is 3. The third-order valence-corrected chi connectivity index (χ3v) is 6.96. The largest absolute Gasteiger partial charge is 0.493 e. The molecule has 1 N–H and O–H groups in total. The van der Waals surface area contributed by atoms with E-state index in [9.17, 15) is 13.2 Å². The highest BCUT2D eigenvalue weighted by atomic mass is 32.2. The standard InChI is InChI=1S/C25H28N2O5S/c1-18-10-12-22(19(2)14-18)26-25(28)17-27(16-20-8-6-5-7-9-20)33(29,30)21-11-13-23(31-3)24(15-21)32-4/h5-15H,16-17H2,1-4H3,(H,26,28). The van der Waals surface area contributed by atoms with Crippen LogP contribution in [0.4, 0.5) is 5.69 Å². The fourth-order valence-electron chi connectivity index (χ4n) is 3.44. The van der Waals surface area contributed by atoms with Crippen LogP contribution in [0.25, 0.3) is 0 Å². The number of ether oxygens (including phenoxy) is 2. The van der Waals surface area contributed by atoms with Gasteiger partial charge in [-0.25, -0.2) is 8.42 Å². The predicted molar refractivity (Wildman–Crippen MR) is 128 cm³/mol. The van der Waals surface area contributed by atoms with Crippen LogP contribution in [0.2, 0.25) is 0 Å². The number of anilines is 1. The van der Waals surface area contributed by atoms with E-state index in [1.165, 1.54) is 32.4 Å². The summed E-state index contributed by atoms with van der Waals surface area (Å²) in [5.41, 5.74) is 3.39. The van der Waals surface area contributed by atoms with Crippen LogP contribution >= 0.6 is 0 Å². The van der Waals surface area contributed by atoms with E-state index in [1.54, 1.807) is 0 Å². The Labute approximate surface area is 195 Å². The summed E-state index contributed by atoms with van der Waals surface area (Å²) >= 11 is 0. The van der Waals surface area contributed by atoms with E-state index in [0.29, 0.717) is 11.4 Å². The number of carbonyl (C=O) groups excluding carboxylic acids is 1. The van der Waals surface area contributed by atoms with Gasteiger partial charge in [-0.2, -0.15) is 4.31 Å². The molecule has 0 radical (unpaired) electrons. The molecule has 0 aliphatic carbocycles. The summed E-state index contributed by atoms with van der Waals surface area (Å²) in [4.78, 5) is 12.9. The van der Waals surface area contributed by atoms with Gasteiger partial charge in [-0.3, -0.25) is 4.79 Å². The van der Waals surface area contributed by atoms with Crippen molar-refractivity contribution in [3.8, 4) is 11.5 Å². The van der Waals surface area contributed by atoms with Crippen LogP contribution in [-0.2, 0) is 21.4 Å². The van der Waals surface area contributed by atoms with Crippen molar-refractivity contribution in [2.75, 3.05) is 26.1 Å². The molecule has 0 aliphatic rings. The first-order chi connectivity index (χ1) is 15.7. The number of amides is 1. The van der Waals surface area contributed by atoms with Gasteiger partial charge in [0.15, 0.2) is 11.5 Å². The van der Waals surface area contributed by atoms with Gasteiger partial charge in [-0.15, -0.1) is 0 Å². The maximum atomic E-state index is 13.6. The quantitative estimate of drug-likeness (QED) is 0.510. The van der Waals surface area contributed by atoms with Gasteiger partial charge in [0.2, 0.25) is 15.9 Å². The van der Waals surface area contributed by atoms with Crippen molar-refractivity contribution < 1.29 is 22.7 Å². The van der Waals surface area contributed by atoms with Crippen LogP contribution in [0.5, 0.6) is 11.5 Å². The molecule has 3 aromatic carbocycles. The summed E-state index contributed by atoms with van der Waals surface area (Å²) in [6.07, 6.45) is 0. The van der Waals surface area contributed by atoms with E-state index in [-0.39, 0.29) is 23.7 Å². The Morgan fingerprint density at radius 1 is 0.909 bits per heavy atom. The minimum Gasteiger partial charge on any atom is -0.493 e. The Bertz CT molecular complexity index is 1230. The Kier molecular flexibility index (Phi) is 7.73. The lowest BCUT2D eigenvalue weighted by Crippen LogP contribution is -2.37. The number of hydrogen-bond donors (Lipinski definition) is 1. The lowest BCUT2D eigenvalue weighted by molar-refractivity contribution is -0.116. The smallest absolute Gasteiger partial charge is 0.243 e. The van der Waals surface area contributed by atoms with E-state index in [0.717, 1.165) is 21.0 Å². The Morgan fingerprint density at radius 3 is 2.24 bits per heavy atom. The molecule has 8 heteroatoms. The van der Waals surface area contributed by atoms with E-state index >= 15 is 0 Å². The van der Waals surface area contributed by atoms with Crippen LogP contribution in [0, 0.1) is 13.8 Å². The number of nitrogens with zero attached hydrogens (tertiary/aromatic N) is 1. The summed E-state index contributed by atoms with van der Waals surface area (Å²) in [5.74, 6) is 0.276. The lowest BCUT2D eigenvalue weighted by atomic mass is 10.1. The number of rotatable bonds is 9. The van der Waals surface area contributed by atoms with Crippen molar-refractivity contribution in [2.24, 2.45) is 0 Å². The molecule has 33 heavy (non-hydrogen) atoms. The topological polar surface area (TPSA) is 84.9 Å². The molecule has 1 amide bonds. The van der Waals surface area contributed by atoms with Crippen molar-refractivity contribution in [1.82, 2.24) is 4.31 Å². The molecular weight excluding hydrogens is 440 g/mol. The van der Waals surface area contributed by atoms with Crippen LogP contribution in [0.1, 0.15) is 16.7 Å². The zero-order chi connectivity index (χ0) is 24.0. The minimum absolute atomic E-state index is 0.00963. The molecule has 174 valence electrons. The lowest BCUT2D eigenvalue weighted by Gasteiger charge is -2.23. The molecule has 0 aliphatic heterocycles. The predicted octanol–water partition coefficient (Wildman–Crippen LogP) is 4.15. The van der Waals surface area contributed by atoms with Gasteiger partial charge in [0.05, 0.1) is 25.7 Å². The number of sulfonamides is 1. The maximum absolute atomic E-state index is 13.6. The van der Waals surface area contributed by atoms with Crippen LogP contribution in [0.3, 0.4) is 0 Å². The zero-order valence-electron chi connectivity index (χ0n) is 19.2. The maximum Gasteiger partial charge on any atom is 0.243 e. The summed E-state index contributed by atoms with van der Waals surface area (Å²) < 4.78 is 38.7. The second-order valence-corrected chi connectivity index (χ2v) is 9.58. The molecule has 0 atom stereocenters. The molecule has 0 fully saturated rings. The second kappa shape index (κ2) is 10.5. The van der Waals surface area contributed by atoms with E-state index in [1.807, 2.05) is 62.4 Å². The van der Waals surface area contributed by atoms with Crippen molar-refractivity contribution in [1.29, 1.82) is 0 Å². The van der Waals surface area contributed by atoms with E-state index in [2.05, 4.69) is 5.32 Å². The molecule has 0 aromatic heterocycles. The monoisotopic (exact) mass is 468 g/mol. The Balaban J connectivity index is 1.92. The number of aryl methyl sites for hydroxylation is 2. The molecule has 0 saturated carbocycles. The normalized spacial score (nSPS) is 11.3. The van der Waals surface area contributed by atoms with Gasteiger partial charge in [-0.05, 0) is 43.2 Å². The number of methoxy groups -OCH3 is 2. The fourth-order valence-corrected chi connectivity index (χ4v) is 4.84. The highest BCUT2D eigenvalue weighted by Gasteiger charge is 2.28. The first-order valence-corrected chi connectivity index (χ1v) is 11.8. The van der Waals surface area contributed by atoms with Gasteiger partial charge in [0.25, 0.3) is 0 Å². The summed E-state index contributed by atoms with van der Waals surface area (Å²) in [5, 5.41) is 2.83. The first-order valence-electron chi connectivity index (χ1n) is 10.4. The molecule has 3 rings (SSSR count). The van der Waals surface area contributed by atoms with Crippen molar-refractivity contribution in [3.05, 3.63) is 83.4 Å². The van der Waals surface area contributed by atoms with Crippen LogP contribution < -0.4 is 14.8 Å². The number of nitrogens with one attached hydrogen (secondary N) is 1. The molecule has 0 saturated heterocycles. The van der Waals surface area contributed by atoms with Gasteiger partial charge in [-0.1, -0.05) is 48.0 Å². The number of carbonyl (C=O) groups is 1. The third-order valence-electron chi connectivity index (χ3n) is 5.17. The molecule has 0 heterocycles. The van der Waals surface area contributed by atoms with Crippen LogP contribution in [0.15, 0.2) is 71.6 Å². The Hall–Kier alpha value is -3.36. The SMILES string of the molecule is COc1ccc(S(=O)(=O)N(CC(=O)Nc2ccc(C)cc2C)Cc2ccccc2)cc1OC. The Morgan fingerprint density at radius 2 is 1.61 bits per heavy atom. The molecule has 0 spiro atoms. The molecule has 3 aromatic rings. The van der Waals surface area contributed by atoms with Crippen molar-refractivity contribution in [2.45, 2.75) is 25.3 Å². The van der Waals surface area contributed by atoms with Gasteiger partial charge in [0.1, 0.15) is 0 Å². The van der Waals surface area contributed by atoms with Gasteiger partial charge in [0, 0.05) is 18.3 Å². The highest BCUT2D eigenvalue weighted by molar-refractivity contribution is 7.89. The van der Waals surface area contributed by atoms with E-state index < -0.39 is 15.9 Å². The molecule has 0 bridgehead atoms. The molecular formula is C25H28N2O5S. The van der Waals surface area contributed by atoms with Crippen molar-refractivity contribution in [3.63, 3.8) is 0 Å². The van der Waals surface area contributed by atoms with Crippen molar-refractivity contribution >= 4 is 21.6 Å².